The van der Waals surface area contributed by atoms with E-state index in [1.165, 1.54) is 33.0 Å². The van der Waals surface area contributed by atoms with Crippen LogP contribution in [0.2, 0.25) is 0 Å². The van der Waals surface area contributed by atoms with Crippen LogP contribution in [0, 0.1) is 0 Å². The highest BCUT2D eigenvalue weighted by Crippen LogP contribution is 2.41. The van der Waals surface area contributed by atoms with Gasteiger partial charge in [0, 0.05) is 11.0 Å². The van der Waals surface area contributed by atoms with Crippen LogP contribution in [0.3, 0.4) is 0 Å². The lowest BCUT2D eigenvalue weighted by molar-refractivity contribution is 0.685. The normalized spacial score (nSPS) is 13.6. The van der Waals surface area contributed by atoms with E-state index in [0.717, 1.165) is 28.9 Å². The topological polar surface area (TPSA) is 28.7 Å². The number of hydrogen-bond acceptors (Lipinski definition) is 1. The van der Waals surface area contributed by atoms with Crippen LogP contribution in [-0.4, -0.2) is 9.97 Å². The van der Waals surface area contributed by atoms with Gasteiger partial charge in [0.25, 0.3) is 0 Å². The molecule has 0 radical (unpaired) electrons. The molecule has 0 fully saturated rings. The summed E-state index contributed by atoms with van der Waals surface area (Å²) in [6.07, 6.45) is 8.98. The summed E-state index contributed by atoms with van der Waals surface area (Å²) in [6, 6.07) is 43.2. The maximum Gasteiger partial charge on any atom is 0.138 e. The highest BCUT2D eigenvalue weighted by Gasteiger charge is 2.32. The highest BCUT2D eigenvalue weighted by atomic mass is 14.9. The third kappa shape index (κ3) is 4.81. The lowest BCUT2D eigenvalue weighted by atomic mass is 9.69. The first-order chi connectivity index (χ1) is 19.7. The molecule has 5 aromatic carbocycles. The zero-order chi connectivity index (χ0) is 27.4. The zero-order valence-electron chi connectivity index (χ0n) is 22.7. The van der Waals surface area contributed by atoms with Gasteiger partial charge in [0.15, 0.2) is 0 Å². The Morgan fingerprint density at radius 1 is 0.775 bits per heavy atom. The second-order valence-electron chi connectivity index (χ2n) is 10.3. The minimum atomic E-state index is -0.325. The zero-order valence-corrected chi connectivity index (χ0v) is 22.7. The molecule has 0 spiro atoms. The van der Waals surface area contributed by atoms with Crippen LogP contribution in [0.15, 0.2) is 152 Å². The maximum atomic E-state index is 4.80. The molecule has 0 aliphatic carbocycles. The minimum Gasteiger partial charge on any atom is -0.338 e. The maximum absolute atomic E-state index is 4.80. The van der Waals surface area contributed by atoms with Crippen molar-refractivity contribution in [3.8, 4) is 0 Å². The van der Waals surface area contributed by atoms with Crippen molar-refractivity contribution in [3.63, 3.8) is 0 Å². The Morgan fingerprint density at radius 3 is 2.33 bits per heavy atom. The molecule has 6 aromatic rings. The van der Waals surface area contributed by atoms with Crippen LogP contribution < -0.4 is 0 Å². The standard InChI is InChI=1S/C38H32N2/c1-3-14-30(37-39-35-23-11-12-24-36(35)40-37)19-13-18-29-16-9-10-22-34(29)38(2,32-20-5-4-6-21-32)33-26-25-28-15-7-8-17-31(28)27-33/h3-17,19-27H,1,18H2,2H3,(H,39,40)/b19-13-,30-14+. The highest BCUT2D eigenvalue weighted by molar-refractivity contribution is 5.84. The Balaban J connectivity index is 1.40. The number of hydrogen-bond donors (Lipinski definition) is 1. The number of benzene rings is 5. The third-order valence-electron chi connectivity index (χ3n) is 7.83. The number of aromatic nitrogens is 2. The first-order valence-corrected chi connectivity index (χ1v) is 13.7. The van der Waals surface area contributed by atoms with Crippen LogP contribution in [0.5, 0.6) is 0 Å². The van der Waals surface area contributed by atoms with Gasteiger partial charge in [0.1, 0.15) is 5.82 Å². The number of nitrogens with zero attached hydrogens (tertiary/aromatic N) is 1. The number of rotatable bonds is 8. The predicted octanol–water partition coefficient (Wildman–Crippen LogP) is 9.44. The van der Waals surface area contributed by atoms with Crippen LogP contribution >= 0.6 is 0 Å². The summed E-state index contributed by atoms with van der Waals surface area (Å²) in [5.41, 5.74) is 7.82. The smallest absolute Gasteiger partial charge is 0.138 e. The Kier molecular flexibility index (Phi) is 6.99. The molecule has 0 saturated heterocycles. The molecule has 1 N–H and O–H groups in total. The molecular weight excluding hydrogens is 484 g/mol. The van der Waals surface area contributed by atoms with Gasteiger partial charge in [-0.1, -0.05) is 134 Å². The van der Waals surface area contributed by atoms with Crippen molar-refractivity contribution in [3.05, 3.63) is 180 Å². The SMILES string of the molecule is C=C/C=C(\C=C/Cc1ccccc1C(C)(c1ccccc1)c1ccc2ccccc2c1)c1nc2ccccc2[nH]1. The van der Waals surface area contributed by atoms with Gasteiger partial charge in [0.2, 0.25) is 0 Å². The summed E-state index contributed by atoms with van der Waals surface area (Å²) in [6.45, 7) is 6.28. The van der Waals surface area contributed by atoms with Gasteiger partial charge >= 0.3 is 0 Å². The van der Waals surface area contributed by atoms with Crippen molar-refractivity contribution in [2.24, 2.45) is 0 Å². The van der Waals surface area contributed by atoms with Crippen molar-refractivity contribution in [1.82, 2.24) is 9.97 Å². The van der Waals surface area contributed by atoms with Gasteiger partial charge in [-0.3, -0.25) is 0 Å². The largest absolute Gasteiger partial charge is 0.338 e. The van der Waals surface area contributed by atoms with Crippen molar-refractivity contribution in [1.29, 1.82) is 0 Å². The van der Waals surface area contributed by atoms with Gasteiger partial charge in [-0.25, -0.2) is 4.98 Å². The van der Waals surface area contributed by atoms with Gasteiger partial charge in [-0.05, 0) is 64.6 Å². The quantitative estimate of drug-likeness (QED) is 0.158. The first-order valence-electron chi connectivity index (χ1n) is 13.7. The molecule has 6 rings (SSSR count). The van der Waals surface area contributed by atoms with E-state index in [1.54, 1.807) is 0 Å². The Hall–Kier alpha value is -4.95. The number of para-hydroxylation sites is 2. The molecular formula is C38H32N2. The van der Waals surface area contributed by atoms with E-state index < -0.39 is 0 Å². The van der Waals surface area contributed by atoms with Gasteiger partial charge in [-0.2, -0.15) is 0 Å². The molecule has 1 unspecified atom stereocenters. The second-order valence-corrected chi connectivity index (χ2v) is 10.3. The first kappa shape index (κ1) is 25.3. The second kappa shape index (κ2) is 11.0. The average molecular weight is 517 g/mol. The van der Waals surface area contributed by atoms with E-state index >= 15 is 0 Å². The molecule has 1 atom stereocenters. The van der Waals surface area contributed by atoms with E-state index in [4.69, 9.17) is 4.98 Å². The average Bonchev–Trinajstić information content (AvgIpc) is 3.45. The molecule has 1 heterocycles. The Labute approximate surface area is 236 Å². The summed E-state index contributed by atoms with van der Waals surface area (Å²) >= 11 is 0. The number of allylic oxidation sites excluding steroid dienone is 5. The number of nitrogens with one attached hydrogen (secondary N) is 1. The van der Waals surface area contributed by atoms with Gasteiger partial charge in [-0.15, -0.1) is 0 Å². The van der Waals surface area contributed by atoms with Gasteiger partial charge < -0.3 is 4.98 Å². The lowest BCUT2D eigenvalue weighted by Crippen LogP contribution is -2.26. The summed E-state index contributed by atoms with van der Waals surface area (Å²) in [5.74, 6) is 0.843. The van der Waals surface area contributed by atoms with E-state index in [0.29, 0.717) is 0 Å². The number of imidazole rings is 1. The molecule has 0 aliphatic heterocycles. The van der Waals surface area contributed by atoms with E-state index in [9.17, 15) is 0 Å². The molecule has 0 aliphatic rings. The lowest BCUT2D eigenvalue weighted by Gasteiger charge is -2.34. The minimum absolute atomic E-state index is 0.325. The van der Waals surface area contributed by atoms with Crippen LogP contribution in [0.25, 0.3) is 27.4 Å². The van der Waals surface area contributed by atoms with Crippen molar-refractivity contribution in [2.45, 2.75) is 18.8 Å². The fraction of sp³-hybridized carbons (Fsp3) is 0.0789. The predicted molar refractivity (Wildman–Crippen MR) is 169 cm³/mol. The van der Waals surface area contributed by atoms with Crippen molar-refractivity contribution < 1.29 is 0 Å². The van der Waals surface area contributed by atoms with E-state index in [2.05, 4.69) is 134 Å². The summed E-state index contributed by atoms with van der Waals surface area (Å²) in [5, 5.41) is 2.51. The summed E-state index contributed by atoms with van der Waals surface area (Å²) < 4.78 is 0. The van der Waals surface area contributed by atoms with Gasteiger partial charge in [0.05, 0.1) is 11.0 Å². The summed E-state index contributed by atoms with van der Waals surface area (Å²) in [4.78, 5) is 8.24. The summed E-state index contributed by atoms with van der Waals surface area (Å²) in [7, 11) is 0. The molecule has 1 aromatic heterocycles. The van der Waals surface area contributed by atoms with E-state index in [1.807, 2.05) is 30.4 Å². The Bertz CT molecular complexity index is 1820. The van der Waals surface area contributed by atoms with Crippen molar-refractivity contribution in [2.75, 3.05) is 0 Å². The van der Waals surface area contributed by atoms with Crippen LogP contribution in [0.4, 0.5) is 0 Å². The number of fused-ring (bicyclic) bond motifs is 2. The van der Waals surface area contributed by atoms with Crippen LogP contribution in [0.1, 0.15) is 35.0 Å². The third-order valence-corrected chi connectivity index (χ3v) is 7.83. The molecule has 0 bridgehead atoms. The fourth-order valence-corrected chi connectivity index (χ4v) is 5.68. The van der Waals surface area contributed by atoms with E-state index in [-0.39, 0.29) is 5.41 Å². The monoisotopic (exact) mass is 516 g/mol. The molecule has 0 amide bonds. The fourth-order valence-electron chi connectivity index (χ4n) is 5.68. The number of aromatic amines is 1. The molecule has 2 nitrogen and oxygen atoms in total. The molecule has 2 heteroatoms. The van der Waals surface area contributed by atoms with Crippen molar-refractivity contribution >= 4 is 27.4 Å². The number of H-pyrrole nitrogens is 1. The molecule has 194 valence electrons. The Morgan fingerprint density at radius 2 is 1.50 bits per heavy atom. The van der Waals surface area contributed by atoms with Crippen LogP contribution in [-0.2, 0) is 11.8 Å². The molecule has 40 heavy (non-hydrogen) atoms. The molecule has 0 saturated carbocycles.